The molecule has 1 N–H and O–H groups in total. The lowest BCUT2D eigenvalue weighted by molar-refractivity contribution is 0.382. The number of benzene rings is 1. The van der Waals surface area contributed by atoms with Crippen molar-refractivity contribution in [1.82, 2.24) is 5.32 Å². The molecule has 0 bridgehead atoms. The first-order valence-electron chi connectivity index (χ1n) is 3.86. The topological polar surface area (TPSA) is 12.0 Å². The first-order chi connectivity index (χ1) is 5.38. The second-order valence-corrected chi connectivity index (χ2v) is 3.67. The molecule has 66 valence electrons. The first kappa shape index (κ1) is 10.0. The molecule has 1 aromatic rings. The summed E-state index contributed by atoms with van der Waals surface area (Å²) in [5.41, 5.74) is 1.39. The fourth-order valence-electron chi connectivity index (χ4n) is 1.31. The Morgan fingerprint density at radius 3 is 2.50 bits per heavy atom. The van der Waals surface area contributed by atoms with Gasteiger partial charge in [0.1, 0.15) is 0 Å². The van der Waals surface area contributed by atoms with Crippen LogP contribution in [0.1, 0.15) is 18.0 Å². The highest BCUT2D eigenvalue weighted by atomic mass is 79.9. The minimum absolute atomic E-state index is 0. The summed E-state index contributed by atoms with van der Waals surface area (Å²) >= 11 is 3.53. The van der Waals surface area contributed by atoms with Crippen molar-refractivity contribution in [2.24, 2.45) is 0 Å². The van der Waals surface area contributed by atoms with Gasteiger partial charge < -0.3 is 5.32 Å². The van der Waals surface area contributed by atoms with E-state index < -0.39 is 0 Å². The summed E-state index contributed by atoms with van der Waals surface area (Å²) in [6, 6.07) is 8.98. The van der Waals surface area contributed by atoms with Crippen LogP contribution >= 0.6 is 28.3 Å². The van der Waals surface area contributed by atoms with E-state index in [2.05, 4.69) is 39.4 Å². The Hall–Kier alpha value is -0.0500. The Balaban J connectivity index is 0.000000720. The molecule has 0 spiro atoms. The molecular weight excluding hydrogens is 237 g/mol. The Labute approximate surface area is 87.1 Å². The van der Waals surface area contributed by atoms with Crippen LogP contribution in [0.2, 0.25) is 0 Å². The van der Waals surface area contributed by atoms with Crippen molar-refractivity contribution < 1.29 is 0 Å². The van der Waals surface area contributed by atoms with Crippen LogP contribution in [-0.4, -0.2) is 6.54 Å². The number of halogens is 2. The molecule has 0 unspecified atom stereocenters. The fraction of sp³-hybridized carbons (Fsp3) is 0.333. The van der Waals surface area contributed by atoms with Gasteiger partial charge in [0.15, 0.2) is 0 Å². The van der Waals surface area contributed by atoms with E-state index in [0.29, 0.717) is 6.04 Å². The van der Waals surface area contributed by atoms with Crippen LogP contribution < -0.4 is 5.32 Å². The van der Waals surface area contributed by atoms with Crippen LogP contribution in [0.3, 0.4) is 0 Å². The summed E-state index contributed by atoms with van der Waals surface area (Å²) in [4.78, 5) is 0. The van der Waals surface area contributed by atoms with E-state index in [1.807, 2.05) is 6.07 Å². The van der Waals surface area contributed by atoms with E-state index >= 15 is 0 Å². The van der Waals surface area contributed by atoms with Crippen molar-refractivity contribution in [1.29, 1.82) is 0 Å². The van der Waals surface area contributed by atoms with Gasteiger partial charge in [-0.1, -0.05) is 34.1 Å². The monoisotopic (exact) mass is 247 g/mol. The molecule has 3 heteroatoms. The van der Waals surface area contributed by atoms with Crippen molar-refractivity contribution >= 4 is 28.3 Å². The van der Waals surface area contributed by atoms with Gasteiger partial charge in [0.05, 0.1) is 0 Å². The molecule has 0 amide bonds. The molecule has 2 rings (SSSR count). The summed E-state index contributed by atoms with van der Waals surface area (Å²) in [7, 11) is 0. The Bertz CT molecular complexity index is 260. The maximum atomic E-state index is 3.53. The Morgan fingerprint density at radius 1 is 1.33 bits per heavy atom. The third-order valence-electron chi connectivity index (χ3n) is 2.10. The molecule has 0 radical (unpaired) electrons. The van der Waals surface area contributed by atoms with E-state index in [0.717, 1.165) is 6.54 Å². The van der Waals surface area contributed by atoms with Crippen LogP contribution in [0.4, 0.5) is 0 Å². The summed E-state index contributed by atoms with van der Waals surface area (Å²) < 4.78 is 1.22. The third-order valence-corrected chi connectivity index (χ3v) is 2.83. The van der Waals surface area contributed by atoms with Gasteiger partial charge >= 0.3 is 0 Å². The van der Waals surface area contributed by atoms with Gasteiger partial charge in [0.2, 0.25) is 0 Å². The Kier molecular flexibility index (Phi) is 3.56. The average Bonchev–Trinajstić information content (AvgIpc) is 1.90. The summed E-state index contributed by atoms with van der Waals surface area (Å²) in [5, 5.41) is 3.37. The van der Waals surface area contributed by atoms with Gasteiger partial charge in [-0.2, -0.15) is 0 Å². The molecule has 1 saturated heterocycles. The van der Waals surface area contributed by atoms with Crippen molar-refractivity contribution in [3.8, 4) is 0 Å². The van der Waals surface area contributed by atoms with Crippen molar-refractivity contribution in [2.75, 3.05) is 6.54 Å². The molecular formula is C9H11BrClN. The highest BCUT2D eigenvalue weighted by Gasteiger charge is 2.19. The lowest BCUT2D eigenvalue weighted by Gasteiger charge is -2.28. The highest BCUT2D eigenvalue weighted by molar-refractivity contribution is 9.10. The number of hydrogen-bond acceptors (Lipinski definition) is 1. The molecule has 1 fully saturated rings. The zero-order valence-electron chi connectivity index (χ0n) is 6.59. The Morgan fingerprint density at radius 2 is 2.00 bits per heavy atom. The quantitative estimate of drug-likeness (QED) is 0.806. The minimum atomic E-state index is 0. The molecule has 1 nitrogen and oxygen atoms in total. The maximum Gasteiger partial charge on any atom is 0.0343 e. The van der Waals surface area contributed by atoms with Crippen LogP contribution in [0.5, 0.6) is 0 Å². The average molecular weight is 249 g/mol. The predicted molar refractivity (Wildman–Crippen MR) is 56.8 cm³/mol. The van der Waals surface area contributed by atoms with Crippen molar-refractivity contribution in [3.05, 3.63) is 34.3 Å². The van der Waals surface area contributed by atoms with Gasteiger partial charge in [-0.05, 0) is 24.6 Å². The van der Waals surface area contributed by atoms with Crippen molar-refractivity contribution in [2.45, 2.75) is 12.5 Å². The van der Waals surface area contributed by atoms with Gasteiger partial charge in [0, 0.05) is 10.5 Å². The van der Waals surface area contributed by atoms with Crippen LogP contribution in [0.25, 0.3) is 0 Å². The number of hydrogen-bond donors (Lipinski definition) is 1. The lowest BCUT2D eigenvalue weighted by atomic mass is 9.98. The van der Waals surface area contributed by atoms with Gasteiger partial charge in [-0.15, -0.1) is 12.4 Å². The van der Waals surface area contributed by atoms with E-state index in [4.69, 9.17) is 0 Å². The second-order valence-electron chi connectivity index (χ2n) is 2.82. The number of nitrogens with one attached hydrogen (secondary N) is 1. The number of rotatable bonds is 1. The molecule has 12 heavy (non-hydrogen) atoms. The molecule has 1 aromatic carbocycles. The fourth-order valence-corrected chi connectivity index (χ4v) is 1.87. The SMILES string of the molecule is Brc1ccccc1[C@H]1CCN1.Cl. The minimum Gasteiger partial charge on any atom is -0.310 e. The summed E-state index contributed by atoms with van der Waals surface area (Å²) in [6.45, 7) is 1.16. The van der Waals surface area contributed by atoms with E-state index in [9.17, 15) is 0 Å². The maximum absolute atomic E-state index is 3.53. The second kappa shape index (κ2) is 4.26. The molecule has 1 atom stereocenters. The first-order valence-corrected chi connectivity index (χ1v) is 4.65. The summed E-state index contributed by atoms with van der Waals surface area (Å²) in [6.07, 6.45) is 1.27. The normalized spacial score (nSPS) is 20.9. The lowest BCUT2D eigenvalue weighted by Crippen LogP contribution is -2.35. The predicted octanol–water partition coefficient (Wildman–Crippen LogP) is 2.91. The van der Waals surface area contributed by atoms with Crippen LogP contribution in [0, 0.1) is 0 Å². The van der Waals surface area contributed by atoms with Gasteiger partial charge in [-0.25, -0.2) is 0 Å². The zero-order chi connectivity index (χ0) is 7.68. The van der Waals surface area contributed by atoms with Gasteiger partial charge in [-0.3, -0.25) is 0 Å². The van der Waals surface area contributed by atoms with Crippen molar-refractivity contribution in [3.63, 3.8) is 0 Å². The third kappa shape index (κ3) is 1.82. The molecule has 0 saturated carbocycles. The largest absolute Gasteiger partial charge is 0.310 e. The van der Waals surface area contributed by atoms with E-state index in [1.54, 1.807) is 0 Å². The highest BCUT2D eigenvalue weighted by Crippen LogP contribution is 2.28. The zero-order valence-corrected chi connectivity index (χ0v) is 8.99. The molecule has 1 heterocycles. The van der Waals surface area contributed by atoms with Crippen LogP contribution in [0.15, 0.2) is 28.7 Å². The molecule has 0 aromatic heterocycles. The molecule has 0 aliphatic carbocycles. The molecule has 1 aliphatic heterocycles. The van der Waals surface area contributed by atoms with E-state index in [1.165, 1.54) is 16.5 Å². The summed E-state index contributed by atoms with van der Waals surface area (Å²) in [5.74, 6) is 0. The van der Waals surface area contributed by atoms with Crippen LogP contribution in [-0.2, 0) is 0 Å². The smallest absolute Gasteiger partial charge is 0.0343 e. The van der Waals surface area contributed by atoms with Gasteiger partial charge in [0.25, 0.3) is 0 Å². The molecule has 1 aliphatic rings. The van der Waals surface area contributed by atoms with E-state index in [-0.39, 0.29) is 12.4 Å². The standard InChI is InChI=1S/C9H10BrN.ClH/c10-8-4-2-1-3-7(8)9-5-6-11-9;/h1-4,9,11H,5-6H2;1H/t9-;/m1./s1.